The monoisotopic (exact) mass is 268 g/mol. The third kappa shape index (κ3) is 2.58. The number of nitrogens with one attached hydrogen (secondary N) is 1. The number of fused-ring (bicyclic) bond motifs is 1. The zero-order chi connectivity index (χ0) is 10.7. The zero-order valence-corrected chi connectivity index (χ0v) is 10.2. The number of benzene rings is 1. The van der Waals surface area contributed by atoms with Gasteiger partial charge in [-0.25, -0.2) is 4.98 Å². The van der Waals surface area contributed by atoms with Crippen molar-refractivity contribution in [2.45, 2.75) is 13.3 Å². The van der Waals surface area contributed by atoms with Gasteiger partial charge in [-0.3, -0.25) is 0 Å². The van der Waals surface area contributed by atoms with Gasteiger partial charge in [-0.05, 0) is 30.7 Å². The Balaban J connectivity index is 2.15. The van der Waals surface area contributed by atoms with E-state index in [2.05, 4.69) is 38.4 Å². The molecule has 0 spiro atoms. The molecule has 0 bridgehead atoms. The topological polar surface area (TPSA) is 38.1 Å². The fourth-order valence-corrected chi connectivity index (χ4v) is 1.82. The van der Waals surface area contributed by atoms with Crippen LogP contribution < -0.4 is 5.32 Å². The smallest absolute Gasteiger partial charge is 0.192 e. The van der Waals surface area contributed by atoms with Gasteiger partial charge in [-0.1, -0.05) is 22.0 Å². The molecule has 0 aliphatic heterocycles. The van der Waals surface area contributed by atoms with Gasteiger partial charge in [0, 0.05) is 6.92 Å². The molecule has 1 heterocycles. The Hall–Kier alpha value is -0.870. The van der Waals surface area contributed by atoms with E-state index < -0.39 is 0 Å². The van der Waals surface area contributed by atoms with Gasteiger partial charge in [0.25, 0.3) is 0 Å². The average Bonchev–Trinajstić information content (AvgIpc) is 2.57. The second-order valence-corrected chi connectivity index (χ2v) is 3.98. The summed E-state index contributed by atoms with van der Waals surface area (Å²) in [6.07, 6.45) is 1.01. The fraction of sp³-hybridized carbons (Fsp3) is 0.364. The lowest BCUT2D eigenvalue weighted by molar-refractivity contribution is 0.561. The van der Waals surface area contributed by atoms with Crippen LogP contribution in [0.15, 0.2) is 22.6 Å². The van der Waals surface area contributed by atoms with Crippen molar-refractivity contribution in [3.8, 4) is 0 Å². The van der Waals surface area contributed by atoms with Gasteiger partial charge in [0.1, 0.15) is 5.52 Å². The molecule has 2 aromatic rings. The van der Waals surface area contributed by atoms with Crippen LogP contribution in [-0.2, 0) is 6.42 Å². The maximum atomic E-state index is 5.41. The lowest BCUT2D eigenvalue weighted by atomic mass is 10.1. The minimum absolute atomic E-state index is 0.723. The van der Waals surface area contributed by atoms with Crippen molar-refractivity contribution in [1.82, 2.24) is 10.3 Å². The fourth-order valence-electron chi connectivity index (χ4n) is 1.54. The van der Waals surface area contributed by atoms with Gasteiger partial charge >= 0.3 is 0 Å². The standard InChI is InChI=1S/C11H13BrN2O/c1-8-14-10-6-9(4-5-13-7-12)2-3-11(10)15-8/h2-3,6,13H,4-5,7H2,1H3. The molecule has 1 aromatic carbocycles. The first-order valence-electron chi connectivity index (χ1n) is 4.92. The van der Waals surface area contributed by atoms with Gasteiger partial charge in [0.05, 0.1) is 5.45 Å². The Morgan fingerprint density at radius 3 is 3.13 bits per heavy atom. The third-order valence-corrected chi connectivity index (χ3v) is 2.64. The van der Waals surface area contributed by atoms with Crippen LogP contribution in [0.1, 0.15) is 11.5 Å². The van der Waals surface area contributed by atoms with E-state index >= 15 is 0 Å². The molecular weight excluding hydrogens is 256 g/mol. The highest BCUT2D eigenvalue weighted by atomic mass is 79.9. The van der Waals surface area contributed by atoms with E-state index in [-0.39, 0.29) is 0 Å². The molecule has 1 aromatic heterocycles. The molecule has 0 amide bonds. The molecule has 0 saturated heterocycles. The molecule has 0 atom stereocenters. The molecule has 15 heavy (non-hydrogen) atoms. The van der Waals surface area contributed by atoms with Crippen LogP contribution >= 0.6 is 15.9 Å². The van der Waals surface area contributed by atoms with Crippen molar-refractivity contribution in [2.75, 3.05) is 12.0 Å². The minimum atomic E-state index is 0.723. The van der Waals surface area contributed by atoms with Crippen molar-refractivity contribution in [3.63, 3.8) is 0 Å². The van der Waals surface area contributed by atoms with Crippen molar-refractivity contribution >= 4 is 27.0 Å². The molecule has 2 rings (SSSR count). The molecule has 0 aliphatic carbocycles. The van der Waals surface area contributed by atoms with E-state index in [1.54, 1.807) is 0 Å². The summed E-state index contributed by atoms with van der Waals surface area (Å²) >= 11 is 3.33. The first-order valence-corrected chi connectivity index (χ1v) is 6.04. The van der Waals surface area contributed by atoms with Crippen LogP contribution in [0.2, 0.25) is 0 Å². The summed E-state index contributed by atoms with van der Waals surface area (Å²) in [6.45, 7) is 2.83. The Kier molecular flexibility index (Phi) is 3.38. The lowest BCUT2D eigenvalue weighted by Gasteiger charge is -2.00. The summed E-state index contributed by atoms with van der Waals surface area (Å²) < 4.78 is 5.41. The molecule has 0 saturated carbocycles. The highest BCUT2D eigenvalue weighted by Crippen LogP contribution is 2.16. The van der Waals surface area contributed by atoms with Crippen LogP contribution in [0.3, 0.4) is 0 Å². The quantitative estimate of drug-likeness (QED) is 0.526. The Labute approximate surface area is 97.0 Å². The van der Waals surface area contributed by atoms with E-state index in [9.17, 15) is 0 Å². The predicted molar refractivity (Wildman–Crippen MR) is 64.2 cm³/mol. The maximum absolute atomic E-state index is 5.41. The first kappa shape index (κ1) is 10.6. The van der Waals surface area contributed by atoms with Crippen molar-refractivity contribution in [1.29, 1.82) is 0 Å². The van der Waals surface area contributed by atoms with Gasteiger partial charge in [0.15, 0.2) is 11.5 Å². The number of halogens is 1. The highest BCUT2D eigenvalue weighted by molar-refractivity contribution is 9.09. The third-order valence-electron chi connectivity index (χ3n) is 2.24. The van der Waals surface area contributed by atoms with Gasteiger partial charge in [0.2, 0.25) is 0 Å². The number of aryl methyl sites for hydroxylation is 1. The molecule has 0 unspecified atom stereocenters. The summed E-state index contributed by atoms with van der Waals surface area (Å²) in [5.74, 6) is 0.723. The highest BCUT2D eigenvalue weighted by Gasteiger charge is 2.02. The zero-order valence-electron chi connectivity index (χ0n) is 8.59. The number of hydrogen-bond acceptors (Lipinski definition) is 3. The summed E-state index contributed by atoms with van der Waals surface area (Å²) in [5.41, 5.74) is 3.93. The van der Waals surface area contributed by atoms with Crippen LogP contribution in [-0.4, -0.2) is 17.0 Å². The van der Waals surface area contributed by atoms with Crippen LogP contribution in [0, 0.1) is 6.92 Å². The number of alkyl halides is 1. The molecule has 3 nitrogen and oxygen atoms in total. The molecular formula is C11H13BrN2O. The molecule has 0 aliphatic rings. The summed E-state index contributed by atoms with van der Waals surface area (Å²) in [4.78, 5) is 4.31. The van der Waals surface area contributed by atoms with E-state index in [1.165, 1.54) is 5.56 Å². The van der Waals surface area contributed by atoms with Crippen molar-refractivity contribution in [3.05, 3.63) is 29.7 Å². The molecule has 80 valence electrons. The van der Waals surface area contributed by atoms with Crippen LogP contribution in [0.25, 0.3) is 11.1 Å². The van der Waals surface area contributed by atoms with E-state index in [0.29, 0.717) is 0 Å². The van der Waals surface area contributed by atoms with E-state index in [1.807, 2.05) is 13.0 Å². The molecule has 4 heteroatoms. The SMILES string of the molecule is Cc1nc2cc(CCNCBr)ccc2o1. The Bertz CT molecular complexity index is 453. The largest absolute Gasteiger partial charge is 0.441 e. The number of hydrogen-bond donors (Lipinski definition) is 1. The van der Waals surface area contributed by atoms with E-state index in [0.717, 1.165) is 35.4 Å². The Morgan fingerprint density at radius 2 is 2.33 bits per heavy atom. The second kappa shape index (κ2) is 4.77. The number of rotatable bonds is 4. The van der Waals surface area contributed by atoms with Crippen LogP contribution in [0.4, 0.5) is 0 Å². The van der Waals surface area contributed by atoms with Crippen molar-refractivity contribution < 1.29 is 4.42 Å². The normalized spacial score (nSPS) is 11.1. The minimum Gasteiger partial charge on any atom is -0.441 e. The summed E-state index contributed by atoms with van der Waals surface area (Å²) in [7, 11) is 0. The lowest BCUT2D eigenvalue weighted by Crippen LogP contribution is -2.14. The molecule has 0 fully saturated rings. The molecule has 1 N–H and O–H groups in total. The van der Waals surface area contributed by atoms with Gasteiger partial charge in [-0.2, -0.15) is 0 Å². The van der Waals surface area contributed by atoms with Gasteiger partial charge in [-0.15, -0.1) is 0 Å². The van der Waals surface area contributed by atoms with E-state index in [4.69, 9.17) is 4.42 Å². The van der Waals surface area contributed by atoms with Gasteiger partial charge < -0.3 is 9.73 Å². The first-order chi connectivity index (χ1) is 7.29. The predicted octanol–water partition coefficient (Wildman–Crippen LogP) is 2.62. The molecule has 0 radical (unpaired) electrons. The summed E-state index contributed by atoms with van der Waals surface area (Å²) in [6, 6.07) is 6.16. The Morgan fingerprint density at radius 1 is 1.47 bits per heavy atom. The van der Waals surface area contributed by atoms with Crippen molar-refractivity contribution in [2.24, 2.45) is 0 Å². The van der Waals surface area contributed by atoms with Crippen LogP contribution in [0.5, 0.6) is 0 Å². The summed E-state index contributed by atoms with van der Waals surface area (Å²) in [5, 5.41) is 3.22. The number of aromatic nitrogens is 1. The average molecular weight is 269 g/mol. The number of oxazole rings is 1. The maximum Gasteiger partial charge on any atom is 0.192 e. The number of nitrogens with zero attached hydrogens (tertiary/aromatic N) is 1. The second-order valence-electron chi connectivity index (χ2n) is 3.42.